The van der Waals surface area contributed by atoms with Gasteiger partial charge in [-0.3, -0.25) is 4.90 Å². The van der Waals surface area contributed by atoms with Crippen LogP contribution in [0.15, 0.2) is 72.9 Å². The molecule has 1 aliphatic heterocycles. The highest BCUT2D eigenvalue weighted by molar-refractivity contribution is 7.99. The number of hydrogen-bond donors (Lipinski definition) is 0. The Morgan fingerprint density at radius 3 is 2.48 bits per heavy atom. The lowest BCUT2D eigenvalue weighted by atomic mass is 10.1. The van der Waals surface area contributed by atoms with Gasteiger partial charge in [0.05, 0.1) is 5.52 Å². The van der Waals surface area contributed by atoms with Crippen LogP contribution in [0.5, 0.6) is 0 Å². The first-order valence-electron chi connectivity index (χ1n) is 9.27. The van der Waals surface area contributed by atoms with Crippen LogP contribution in [0.25, 0.3) is 27.4 Å². The lowest BCUT2D eigenvalue weighted by Gasteiger charge is -2.26. The van der Waals surface area contributed by atoms with Gasteiger partial charge in [-0.05, 0) is 40.6 Å². The minimum atomic E-state index is 0. The molecule has 2 nitrogen and oxygen atoms in total. The van der Waals surface area contributed by atoms with Crippen molar-refractivity contribution in [2.24, 2.45) is 0 Å². The van der Waals surface area contributed by atoms with Gasteiger partial charge in [0, 0.05) is 48.4 Å². The number of nitrogens with zero attached hydrogens (tertiary/aromatic N) is 2. The third-order valence-corrected chi connectivity index (χ3v) is 6.27. The standard InChI is InChI=1S/C23H22N2S.ClH/c1-2-5-19-16-21(9-8-18(19)4-1)25-11-10-22-20(6-3-7-23(22)25)17-24-12-14-26-15-13-24;/h1-11,16H,12-15,17H2;1H. The Bertz CT molecular complexity index is 1070. The van der Waals surface area contributed by atoms with E-state index in [4.69, 9.17) is 0 Å². The maximum absolute atomic E-state index is 2.58. The fourth-order valence-electron chi connectivity index (χ4n) is 3.92. The van der Waals surface area contributed by atoms with E-state index in [1.165, 1.54) is 57.5 Å². The summed E-state index contributed by atoms with van der Waals surface area (Å²) < 4.78 is 2.32. The summed E-state index contributed by atoms with van der Waals surface area (Å²) >= 11 is 2.07. The Hall–Kier alpha value is -1.94. The lowest BCUT2D eigenvalue weighted by Crippen LogP contribution is -2.31. The van der Waals surface area contributed by atoms with Gasteiger partial charge >= 0.3 is 0 Å². The van der Waals surface area contributed by atoms with E-state index in [1.807, 2.05) is 0 Å². The molecule has 1 saturated heterocycles. The van der Waals surface area contributed by atoms with Crippen molar-refractivity contribution in [3.05, 3.63) is 78.5 Å². The van der Waals surface area contributed by atoms with Crippen molar-refractivity contribution in [1.82, 2.24) is 9.47 Å². The summed E-state index contributed by atoms with van der Waals surface area (Å²) in [5, 5.41) is 3.95. The minimum Gasteiger partial charge on any atom is -0.317 e. The fourth-order valence-corrected chi connectivity index (χ4v) is 4.90. The van der Waals surface area contributed by atoms with E-state index in [9.17, 15) is 0 Å². The Morgan fingerprint density at radius 1 is 0.815 bits per heavy atom. The van der Waals surface area contributed by atoms with Crippen molar-refractivity contribution in [2.45, 2.75) is 6.54 Å². The number of benzene rings is 3. The Morgan fingerprint density at radius 2 is 1.63 bits per heavy atom. The highest BCUT2D eigenvalue weighted by Gasteiger charge is 2.13. The molecule has 5 rings (SSSR count). The quantitative estimate of drug-likeness (QED) is 0.437. The van der Waals surface area contributed by atoms with Gasteiger partial charge in [-0.25, -0.2) is 0 Å². The number of halogens is 1. The molecule has 0 radical (unpaired) electrons. The first-order valence-corrected chi connectivity index (χ1v) is 10.4. The molecule has 0 atom stereocenters. The molecule has 0 bridgehead atoms. The van der Waals surface area contributed by atoms with Crippen LogP contribution in [0.2, 0.25) is 0 Å². The van der Waals surface area contributed by atoms with Crippen LogP contribution in [0.4, 0.5) is 0 Å². The van der Waals surface area contributed by atoms with Crippen LogP contribution in [0.1, 0.15) is 5.56 Å². The molecule has 0 amide bonds. The van der Waals surface area contributed by atoms with Gasteiger partial charge in [0.15, 0.2) is 0 Å². The van der Waals surface area contributed by atoms with Crippen LogP contribution in [0, 0.1) is 0 Å². The fraction of sp³-hybridized carbons (Fsp3) is 0.217. The summed E-state index contributed by atoms with van der Waals surface area (Å²) in [4.78, 5) is 2.58. The molecular formula is C23H23ClN2S. The third kappa shape index (κ3) is 3.60. The zero-order chi connectivity index (χ0) is 17.3. The van der Waals surface area contributed by atoms with E-state index in [1.54, 1.807) is 0 Å². The second-order valence-corrected chi connectivity index (χ2v) is 8.18. The molecule has 1 aromatic heterocycles. The van der Waals surface area contributed by atoms with E-state index in [-0.39, 0.29) is 12.4 Å². The van der Waals surface area contributed by atoms with Crippen LogP contribution in [0.3, 0.4) is 0 Å². The lowest BCUT2D eigenvalue weighted by molar-refractivity contribution is 0.295. The molecule has 3 aromatic carbocycles. The maximum atomic E-state index is 2.58. The molecular weight excluding hydrogens is 372 g/mol. The van der Waals surface area contributed by atoms with Crippen molar-refractivity contribution < 1.29 is 0 Å². The van der Waals surface area contributed by atoms with E-state index in [0.717, 1.165) is 6.54 Å². The van der Waals surface area contributed by atoms with Crippen LogP contribution < -0.4 is 0 Å². The first-order chi connectivity index (χ1) is 12.9. The Kier molecular flexibility index (Phi) is 5.44. The molecule has 0 spiro atoms. The average Bonchev–Trinajstić information content (AvgIpc) is 3.14. The molecule has 0 N–H and O–H groups in total. The van der Waals surface area contributed by atoms with E-state index in [2.05, 4.69) is 94.2 Å². The van der Waals surface area contributed by atoms with E-state index in [0.29, 0.717) is 0 Å². The molecule has 1 fully saturated rings. The van der Waals surface area contributed by atoms with Gasteiger partial charge in [-0.1, -0.05) is 42.5 Å². The van der Waals surface area contributed by atoms with Crippen molar-refractivity contribution in [3.8, 4) is 5.69 Å². The van der Waals surface area contributed by atoms with Gasteiger partial charge in [0.25, 0.3) is 0 Å². The normalized spacial score (nSPS) is 15.1. The summed E-state index contributed by atoms with van der Waals surface area (Å²) in [6.45, 7) is 3.46. The maximum Gasteiger partial charge on any atom is 0.0531 e. The second kappa shape index (κ2) is 7.97. The Balaban J connectivity index is 0.00000180. The highest BCUT2D eigenvalue weighted by atomic mass is 35.5. The third-order valence-electron chi connectivity index (χ3n) is 5.33. The van der Waals surface area contributed by atoms with E-state index >= 15 is 0 Å². The smallest absolute Gasteiger partial charge is 0.0531 e. The van der Waals surface area contributed by atoms with Gasteiger partial charge in [0.1, 0.15) is 0 Å². The molecule has 0 saturated carbocycles. The molecule has 0 unspecified atom stereocenters. The molecule has 1 aliphatic rings. The van der Waals surface area contributed by atoms with Crippen LogP contribution in [-0.4, -0.2) is 34.1 Å². The zero-order valence-electron chi connectivity index (χ0n) is 15.2. The Labute approximate surface area is 170 Å². The van der Waals surface area contributed by atoms with Crippen molar-refractivity contribution in [1.29, 1.82) is 0 Å². The number of aromatic nitrogens is 1. The SMILES string of the molecule is Cl.c1ccc2cc(-n3ccc4c(CN5CCSCC5)cccc43)ccc2c1. The summed E-state index contributed by atoms with van der Waals surface area (Å²) in [5.41, 5.74) is 3.96. The molecule has 4 heteroatoms. The topological polar surface area (TPSA) is 8.17 Å². The molecule has 0 aliphatic carbocycles. The second-order valence-electron chi connectivity index (χ2n) is 6.96. The molecule has 27 heavy (non-hydrogen) atoms. The molecule has 138 valence electrons. The number of rotatable bonds is 3. The van der Waals surface area contributed by atoms with Crippen molar-refractivity contribution >= 4 is 45.8 Å². The van der Waals surface area contributed by atoms with Crippen molar-refractivity contribution in [2.75, 3.05) is 24.6 Å². The average molecular weight is 395 g/mol. The zero-order valence-corrected chi connectivity index (χ0v) is 16.8. The van der Waals surface area contributed by atoms with Crippen LogP contribution in [-0.2, 0) is 6.54 Å². The highest BCUT2D eigenvalue weighted by Crippen LogP contribution is 2.27. The van der Waals surface area contributed by atoms with Gasteiger partial charge in [0.2, 0.25) is 0 Å². The number of fused-ring (bicyclic) bond motifs is 2. The monoisotopic (exact) mass is 394 g/mol. The summed E-state index contributed by atoms with van der Waals surface area (Å²) in [6.07, 6.45) is 2.21. The van der Waals surface area contributed by atoms with Crippen molar-refractivity contribution in [3.63, 3.8) is 0 Å². The predicted molar refractivity (Wildman–Crippen MR) is 121 cm³/mol. The number of thioether (sulfide) groups is 1. The summed E-state index contributed by atoms with van der Waals surface area (Å²) in [7, 11) is 0. The summed E-state index contributed by atoms with van der Waals surface area (Å²) in [5.74, 6) is 2.52. The minimum absolute atomic E-state index is 0. The largest absolute Gasteiger partial charge is 0.317 e. The van der Waals surface area contributed by atoms with Gasteiger partial charge in [-0.2, -0.15) is 11.8 Å². The van der Waals surface area contributed by atoms with Gasteiger partial charge < -0.3 is 4.57 Å². The van der Waals surface area contributed by atoms with Gasteiger partial charge in [-0.15, -0.1) is 12.4 Å². The van der Waals surface area contributed by atoms with E-state index < -0.39 is 0 Å². The summed E-state index contributed by atoms with van der Waals surface area (Å²) in [6, 6.07) is 24.3. The predicted octanol–water partition coefficient (Wildman–Crippen LogP) is 5.75. The first kappa shape index (κ1) is 18.4. The van der Waals surface area contributed by atoms with Crippen LogP contribution >= 0.6 is 24.2 Å². The number of hydrogen-bond acceptors (Lipinski definition) is 2. The molecule has 2 heterocycles. The molecule has 4 aromatic rings.